The highest BCUT2D eigenvalue weighted by Crippen LogP contribution is 2.36. The maximum absolute atomic E-state index is 14.0. The molecule has 3 aromatic heterocycles. The highest BCUT2D eigenvalue weighted by Gasteiger charge is 2.38. The third-order valence-corrected chi connectivity index (χ3v) is 7.46. The number of rotatable bonds is 6. The Kier molecular flexibility index (Phi) is 7.06. The topological polar surface area (TPSA) is 92.7 Å². The number of likely N-dealkylation sites (tertiary alicyclic amines) is 1. The zero-order valence-corrected chi connectivity index (χ0v) is 22.5. The molecule has 6 rings (SSSR count). The number of alkyl halides is 3. The van der Waals surface area contributed by atoms with E-state index in [4.69, 9.17) is 0 Å². The number of aromatic nitrogens is 5. The van der Waals surface area contributed by atoms with E-state index in [-0.39, 0.29) is 23.7 Å². The first-order valence-electron chi connectivity index (χ1n) is 13.5. The standard InChI is InChI=1S/C29H29F3N8O/c1-19-11-20(5-6-22(19)28(41)38-8-3-2-4-9-38)12-24-27-36-15-25(40(27)10-7-35-24)23-17-39(37-26(23)29(30,31)32)16-21-13-33-18-34-14-21/h5-7,10-11,13,15,17-18H,2-4,8-9,12,14,16H2,1H3,(H,33,34). The largest absolute Gasteiger partial charge is 0.435 e. The molecule has 0 aliphatic carbocycles. The molecule has 2 aliphatic heterocycles. The molecule has 0 unspecified atom stereocenters. The van der Waals surface area contributed by atoms with Gasteiger partial charge in [0.2, 0.25) is 0 Å². The van der Waals surface area contributed by atoms with Crippen molar-refractivity contribution in [2.45, 2.75) is 45.3 Å². The van der Waals surface area contributed by atoms with Gasteiger partial charge in [0.05, 0.1) is 42.6 Å². The Bertz CT molecular complexity index is 1660. The Morgan fingerprint density at radius 3 is 2.68 bits per heavy atom. The van der Waals surface area contributed by atoms with Crippen molar-refractivity contribution in [3.05, 3.63) is 82.8 Å². The molecular weight excluding hydrogens is 533 g/mol. The number of hydrogen-bond donors (Lipinski definition) is 1. The minimum atomic E-state index is -4.65. The highest BCUT2D eigenvalue weighted by atomic mass is 19.4. The average molecular weight is 563 g/mol. The van der Waals surface area contributed by atoms with Crippen LogP contribution in [0, 0.1) is 6.92 Å². The molecule has 212 valence electrons. The van der Waals surface area contributed by atoms with Crippen LogP contribution in [0.5, 0.6) is 0 Å². The van der Waals surface area contributed by atoms with Crippen LogP contribution >= 0.6 is 0 Å². The second-order valence-corrected chi connectivity index (χ2v) is 10.4. The van der Waals surface area contributed by atoms with Gasteiger partial charge in [-0.3, -0.25) is 23.9 Å². The number of nitrogens with zero attached hydrogens (tertiary/aromatic N) is 7. The molecule has 1 fully saturated rings. The van der Waals surface area contributed by atoms with E-state index in [1.54, 1.807) is 23.0 Å². The molecule has 41 heavy (non-hydrogen) atoms. The molecule has 4 aromatic rings. The molecule has 0 saturated carbocycles. The molecule has 12 heteroatoms. The van der Waals surface area contributed by atoms with Crippen LogP contribution in [-0.4, -0.2) is 60.9 Å². The summed E-state index contributed by atoms with van der Waals surface area (Å²) in [6.45, 7) is 4.05. The predicted octanol–water partition coefficient (Wildman–Crippen LogP) is 4.65. The number of amides is 1. The highest BCUT2D eigenvalue weighted by molar-refractivity contribution is 5.95. The average Bonchev–Trinajstić information content (AvgIpc) is 3.59. The molecule has 5 heterocycles. The zero-order chi connectivity index (χ0) is 28.6. The van der Waals surface area contributed by atoms with Crippen molar-refractivity contribution in [1.29, 1.82) is 0 Å². The molecule has 0 bridgehead atoms. The van der Waals surface area contributed by atoms with E-state index in [0.29, 0.717) is 29.9 Å². The van der Waals surface area contributed by atoms with Crippen LogP contribution < -0.4 is 5.32 Å². The number of nitrogens with one attached hydrogen (secondary N) is 1. The number of piperidine rings is 1. The molecule has 9 nitrogen and oxygen atoms in total. The lowest BCUT2D eigenvalue weighted by Crippen LogP contribution is -2.35. The Labute approximate surface area is 234 Å². The molecule has 0 radical (unpaired) electrons. The second-order valence-electron chi connectivity index (χ2n) is 10.4. The lowest BCUT2D eigenvalue weighted by Gasteiger charge is -2.27. The zero-order valence-electron chi connectivity index (χ0n) is 22.5. The van der Waals surface area contributed by atoms with Gasteiger partial charge >= 0.3 is 6.18 Å². The number of aryl methyl sites for hydroxylation is 1. The molecule has 2 aliphatic rings. The van der Waals surface area contributed by atoms with E-state index in [9.17, 15) is 18.0 Å². The summed E-state index contributed by atoms with van der Waals surface area (Å²) in [5.74, 6) is 0.0525. The smallest absolute Gasteiger partial charge is 0.353 e. The van der Waals surface area contributed by atoms with Crippen molar-refractivity contribution < 1.29 is 18.0 Å². The number of fused-ring (bicyclic) bond motifs is 1. The van der Waals surface area contributed by atoms with Gasteiger partial charge in [0.25, 0.3) is 5.91 Å². The summed E-state index contributed by atoms with van der Waals surface area (Å²) < 4.78 is 45.0. The van der Waals surface area contributed by atoms with Gasteiger partial charge in [-0.05, 0) is 49.0 Å². The van der Waals surface area contributed by atoms with Gasteiger partial charge in [0, 0.05) is 49.9 Å². The van der Waals surface area contributed by atoms with E-state index < -0.39 is 11.9 Å². The van der Waals surface area contributed by atoms with Crippen molar-refractivity contribution in [2.75, 3.05) is 19.6 Å². The Hall–Kier alpha value is -4.48. The van der Waals surface area contributed by atoms with Crippen LogP contribution in [0.15, 0.2) is 59.8 Å². The fourth-order valence-corrected chi connectivity index (χ4v) is 5.45. The summed E-state index contributed by atoms with van der Waals surface area (Å²) in [4.78, 5) is 28.0. The van der Waals surface area contributed by atoms with E-state index in [1.807, 2.05) is 30.0 Å². The first kappa shape index (κ1) is 26.7. The third-order valence-electron chi connectivity index (χ3n) is 7.46. The van der Waals surface area contributed by atoms with Gasteiger partial charge in [-0.1, -0.05) is 12.1 Å². The summed E-state index contributed by atoms with van der Waals surface area (Å²) in [6, 6.07) is 5.73. The fraction of sp³-hybridized carbons (Fsp3) is 0.345. The van der Waals surface area contributed by atoms with Gasteiger partial charge in [-0.15, -0.1) is 0 Å². The summed E-state index contributed by atoms with van der Waals surface area (Å²) in [5.41, 5.74) is 3.62. The van der Waals surface area contributed by atoms with Crippen LogP contribution in [0.25, 0.3) is 16.9 Å². The van der Waals surface area contributed by atoms with Gasteiger partial charge in [-0.25, -0.2) is 4.98 Å². The minimum absolute atomic E-state index is 0.0525. The molecule has 1 aromatic carbocycles. The molecule has 1 N–H and O–H groups in total. The fourth-order valence-electron chi connectivity index (χ4n) is 5.45. The van der Waals surface area contributed by atoms with Crippen molar-refractivity contribution in [3.63, 3.8) is 0 Å². The van der Waals surface area contributed by atoms with Crippen LogP contribution in [0.2, 0.25) is 0 Å². The molecule has 0 spiro atoms. The summed E-state index contributed by atoms with van der Waals surface area (Å²) >= 11 is 0. The Balaban J connectivity index is 1.29. The monoisotopic (exact) mass is 562 g/mol. The first-order chi connectivity index (χ1) is 19.8. The first-order valence-corrected chi connectivity index (χ1v) is 13.5. The van der Waals surface area contributed by atoms with Gasteiger partial charge in [-0.2, -0.15) is 18.3 Å². The Morgan fingerprint density at radius 2 is 1.95 bits per heavy atom. The summed E-state index contributed by atoms with van der Waals surface area (Å²) in [7, 11) is 0. The Morgan fingerprint density at radius 1 is 1.12 bits per heavy atom. The SMILES string of the molecule is Cc1cc(Cc2nccn3c(-c4cn(CC5=CNC=NC5)nc4C(F)(F)F)cnc23)ccc1C(=O)N1CCCCC1. The maximum atomic E-state index is 14.0. The number of hydrogen-bond acceptors (Lipinski definition) is 6. The van der Waals surface area contributed by atoms with Crippen LogP contribution in [0.4, 0.5) is 13.2 Å². The van der Waals surface area contributed by atoms with Crippen molar-refractivity contribution in [3.8, 4) is 11.3 Å². The van der Waals surface area contributed by atoms with E-state index >= 15 is 0 Å². The number of carbonyl (C=O) groups is 1. The van der Waals surface area contributed by atoms with Gasteiger partial charge in [0.1, 0.15) is 0 Å². The maximum Gasteiger partial charge on any atom is 0.435 e. The number of benzene rings is 1. The van der Waals surface area contributed by atoms with Gasteiger partial charge in [0.15, 0.2) is 11.3 Å². The van der Waals surface area contributed by atoms with Crippen molar-refractivity contribution in [2.24, 2.45) is 4.99 Å². The van der Waals surface area contributed by atoms with E-state index in [1.165, 1.54) is 23.4 Å². The van der Waals surface area contributed by atoms with Crippen molar-refractivity contribution in [1.82, 2.24) is 34.4 Å². The van der Waals surface area contributed by atoms with Crippen LogP contribution in [-0.2, 0) is 19.1 Å². The lowest BCUT2D eigenvalue weighted by molar-refractivity contribution is -0.141. The minimum Gasteiger partial charge on any atom is -0.353 e. The molecule has 1 saturated heterocycles. The van der Waals surface area contributed by atoms with Crippen LogP contribution in [0.3, 0.4) is 0 Å². The van der Waals surface area contributed by atoms with Crippen LogP contribution in [0.1, 0.15) is 52.1 Å². The third kappa shape index (κ3) is 5.46. The lowest BCUT2D eigenvalue weighted by atomic mass is 10.0. The number of aliphatic imine (C=N–C) groups is 1. The quantitative estimate of drug-likeness (QED) is 0.369. The number of imidazole rings is 1. The second kappa shape index (κ2) is 10.8. The number of carbonyl (C=O) groups excluding carboxylic acids is 1. The molecule has 0 atom stereocenters. The predicted molar refractivity (Wildman–Crippen MR) is 148 cm³/mol. The number of halogens is 3. The van der Waals surface area contributed by atoms with E-state index in [2.05, 4.69) is 25.4 Å². The molecule has 1 amide bonds. The molecular formula is C29H29F3N8O. The van der Waals surface area contributed by atoms with Crippen molar-refractivity contribution >= 4 is 17.9 Å². The van der Waals surface area contributed by atoms with Gasteiger partial charge < -0.3 is 10.2 Å². The summed E-state index contributed by atoms with van der Waals surface area (Å²) in [6.07, 6.45) is 8.20. The normalized spacial score (nSPS) is 15.7. The van der Waals surface area contributed by atoms with E-state index in [0.717, 1.165) is 49.1 Å². The summed E-state index contributed by atoms with van der Waals surface area (Å²) in [5, 5.41) is 6.73.